The minimum absolute atomic E-state index is 0.144. The maximum atomic E-state index is 11.8. The van der Waals surface area contributed by atoms with E-state index in [0.717, 1.165) is 22.7 Å². The Morgan fingerprint density at radius 2 is 1.83 bits per heavy atom. The molecule has 0 bridgehead atoms. The number of anilines is 1. The van der Waals surface area contributed by atoms with E-state index in [1.54, 1.807) is 7.11 Å². The van der Waals surface area contributed by atoms with Crippen LogP contribution in [0.4, 0.5) is 5.69 Å². The van der Waals surface area contributed by atoms with Crippen LogP contribution < -0.4 is 15.5 Å². The van der Waals surface area contributed by atoms with Gasteiger partial charge in [-0.3, -0.25) is 4.79 Å². The minimum Gasteiger partial charge on any atom is -0.497 e. The van der Waals surface area contributed by atoms with E-state index in [-0.39, 0.29) is 12.5 Å². The maximum Gasteiger partial charge on any atom is 0.259 e. The Bertz CT molecular complexity index is 707. The van der Waals surface area contributed by atoms with Crippen LogP contribution in [-0.2, 0) is 4.79 Å². The fourth-order valence-electron chi connectivity index (χ4n) is 1.90. The molecule has 5 heteroatoms. The van der Waals surface area contributed by atoms with Crippen molar-refractivity contribution in [1.29, 1.82) is 0 Å². The summed E-state index contributed by atoms with van der Waals surface area (Å²) in [7, 11) is 1.61. The van der Waals surface area contributed by atoms with Crippen molar-refractivity contribution in [3.63, 3.8) is 0 Å². The van der Waals surface area contributed by atoms with Crippen molar-refractivity contribution in [1.82, 2.24) is 5.43 Å². The number of benzene rings is 2. The number of hydrazone groups is 1. The van der Waals surface area contributed by atoms with Crippen LogP contribution in [0.2, 0.25) is 0 Å². The number of carbonyl (C=O) groups is 1. The van der Waals surface area contributed by atoms with Gasteiger partial charge in [0.05, 0.1) is 19.4 Å². The molecule has 0 saturated carbocycles. The summed E-state index contributed by atoms with van der Waals surface area (Å²) < 4.78 is 5.08. The molecule has 2 aromatic rings. The van der Waals surface area contributed by atoms with Crippen LogP contribution in [0.5, 0.6) is 5.75 Å². The average Bonchev–Trinajstić information content (AvgIpc) is 2.64. The normalized spacial score (nSPS) is 11.3. The Balaban J connectivity index is 1.77. The molecule has 0 radical (unpaired) electrons. The lowest BCUT2D eigenvalue weighted by Gasteiger charge is -2.06. The first-order valence-corrected chi connectivity index (χ1v) is 7.61. The predicted octanol–water partition coefficient (Wildman–Crippen LogP) is 3.31. The van der Waals surface area contributed by atoms with E-state index in [2.05, 4.69) is 15.8 Å². The fraction of sp³-hybridized carbons (Fsp3) is 0.158. The third-order valence-corrected chi connectivity index (χ3v) is 3.22. The lowest BCUT2D eigenvalue weighted by atomic mass is 10.2. The first-order chi connectivity index (χ1) is 11.7. The van der Waals surface area contributed by atoms with Crippen LogP contribution in [0.3, 0.4) is 0 Å². The number of hydrogen-bond donors (Lipinski definition) is 2. The van der Waals surface area contributed by atoms with Crippen molar-refractivity contribution >= 4 is 23.4 Å². The molecule has 0 unspecified atom stereocenters. The van der Waals surface area contributed by atoms with Gasteiger partial charge in [0.25, 0.3) is 5.91 Å². The second-order valence-electron chi connectivity index (χ2n) is 5.11. The molecule has 0 atom stereocenters. The molecule has 124 valence electrons. The van der Waals surface area contributed by atoms with Gasteiger partial charge in [0.1, 0.15) is 5.75 Å². The molecule has 0 spiro atoms. The van der Waals surface area contributed by atoms with Crippen LogP contribution in [0.25, 0.3) is 6.08 Å². The zero-order valence-electron chi connectivity index (χ0n) is 13.8. The van der Waals surface area contributed by atoms with Crippen molar-refractivity contribution in [2.24, 2.45) is 5.10 Å². The molecular weight excluding hydrogens is 302 g/mol. The highest BCUT2D eigenvalue weighted by Gasteiger charge is 2.00. The zero-order valence-corrected chi connectivity index (χ0v) is 13.8. The van der Waals surface area contributed by atoms with Crippen LogP contribution in [0.15, 0.2) is 65.8 Å². The molecule has 2 aromatic carbocycles. The van der Waals surface area contributed by atoms with Gasteiger partial charge >= 0.3 is 0 Å². The standard InChI is InChI=1S/C19H21N3O2/c1-15(8-9-16-6-4-3-5-7-16)21-22-19(23)14-20-17-10-12-18(24-2)13-11-17/h3-13,20H,14H2,1-2H3,(H,22,23)/b9-8+,21-15-. The highest BCUT2D eigenvalue weighted by atomic mass is 16.5. The second-order valence-corrected chi connectivity index (χ2v) is 5.11. The second kappa shape index (κ2) is 9.15. The van der Waals surface area contributed by atoms with Gasteiger partial charge in [0.2, 0.25) is 0 Å². The van der Waals surface area contributed by atoms with Crippen LogP contribution in [-0.4, -0.2) is 25.3 Å². The lowest BCUT2D eigenvalue weighted by Crippen LogP contribution is -2.26. The molecule has 24 heavy (non-hydrogen) atoms. The molecular formula is C19H21N3O2. The zero-order chi connectivity index (χ0) is 17.2. The number of hydrogen-bond acceptors (Lipinski definition) is 4. The summed E-state index contributed by atoms with van der Waals surface area (Å²) in [6.07, 6.45) is 3.80. The SMILES string of the molecule is COc1ccc(NCC(=O)N/N=C(C)\C=C\c2ccccc2)cc1. The van der Waals surface area contributed by atoms with Gasteiger partial charge in [-0.1, -0.05) is 36.4 Å². The number of ether oxygens (including phenoxy) is 1. The van der Waals surface area contributed by atoms with E-state index in [9.17, 15) is 4.79 Å². The highest BCUT2D eigenvalue weighted by Crippen LogP contribution is 2.14. The van der Waals surface area contributed by atoms with Gasteiger partial charge in [-0.25, -0.2) is 5.43 Å². The van der Waals surface area contributed by atoms with Gasteiger partial charge in [-0.2, -0.15) is 5.10 Å². The van der Waals surface area contributed by atoms with Crippen molar-refractivity contribution in [2.75, 3.05) is 19.0 Å². The van der Waals surface area contributed by atoms with Crippen LogP contribution in [0.1, 0.15) is 12.5 Å². The summed E-state index contributed by atoms with van der Waals surface area (Å²) in [6, 6.07) is 17.3. The predicted molar refractivity (Wildman–Crippen MR) is 98.2 cm³/mol. The third kappa shape index (κ3) is 5.96. The first kappa shape index (κ1) is 17.3. The summed E-state index contributed by atoms with van der Waals surface area (Å²) in [4.78, 5) is 11.8. The third-order valence-electron chi connectivity index (χ3n) is 3.22. The minimum atomic E-state index is -0.210. The Morgan fingerprint density at radius 1 is 1.12 bits per heavy atom. The van der Waals surface area contributed by atoms with E-state index < -0.39 is 0 Å². The summed E-state index contributed by atoms with van der Waals surface area (Å²) in [5.41, 5.74) is 5.17. The molecule has 0 aliphatic heterocycles. The van der Waals surface area contributed by atoms with Gasteiger partial charge < -0.3 is 10.1 Å². The number of amides is 1. The molecule has 0 saturated heterocycles. The topological polar surface area (TPSA) is 62.7 Å². The van der Waals surface area contributed by atoms with Crippen molar-refractivity contribution in [3.05, 3.63) is 66.2 Å². The van der Waals surface area contributed by atoms with Gasteiger partial charge in [0, 0.05) is 5.69 Å². The van der Waals surface area contributed by atoms with Crippen LogP contribution in [0, 0.1) is 0 Å². The smallest absolute Gasteiger partial charge is 0.259 e. The summed E-state index contributed by atoms with van der Waals surface area (Å²) in [5, 5.41) is 7.07. The summed E-state index contributed by atoms with van der Waals surface area (Å²) in [6.45, 7) is 1.97. The fourth-order valence-corrected chi connectivity index (χ4v) is 1.90. The number of carbonyl (C=O) groups excluding carboxylic acids is 1. The van der Waals surface area contributed by atoms with E-state index >= 15 is 0 Å². The molecule has 2 rings (SSSR count). The Labute approximate surface area is 142 Å². The Hall–Kier alpha value is -3.08. The number of nitrogens with zero attached hydrogens (tertiary/aromatic N) is 1. The number of allylic oxidation sites excluding steroid dienone is 1. The van der Waals surface area contributed by atoms with Crippen LogP contribution >= 0.6 is 0 Å². The van der Waals surface area contributed by atoms with Gasteiger partial charge in [-0.05, 0) is 42.8 Å². The molecule has 0 aliphatic rings. The van der Waals surface area contributed by atoms with E-state index in [1.165, 1.54) is 0 Å². The molecule has 0 fully saturated rings. The van der Waals surface area contributed by atoms with Crippen molar-refractivity contribution < 1.29 is 9.53 Å². The average molecular weight is 323 g/mol. The molecule has 0 heterocycles. The molecule has 1 amide bonds. The molecule has 5 nitrogen and oxygen atoms in total. The molecule has 0 aromatic heterocycles. The number of methoxy groups -OCH3 is 1. The largest absolute Gasteiger partial charge is 0.497 e. The summed E-state index contributed by atoms with van der Waals surface area (Å²) >= 11 is 0. The van der Waals surface area contributed by atoms with Gasteiger partial charge in [0.15, 0.2) is 0 Å². The summed E-state index contributed by atoms with van der Waals surface area (Å²) in [5.74, 6) is 0.564. The first-order valence-electron chi connectivity index (χ1n) is 7.61. The monoisotopic (exact) mass is 323 g/mol. The van der Waals surface area contributed by atoms with E-state index in [1.807, 2.05) is 73.7 Å². The lowest BCUT2D eigenvalue weighted by molar-refractivity contribution is -0.119. The Kier molecular flexibility index (Phi) is 6.58. The van der Waals surface area contributed by atoms with E-state index in [0.29, 0.717) is 0 Å². The highest BCUT2D eigenvalue weighted by molar-refractivity contribution is 5.97. The Morgan fingerprint density at radius 3 is 2.50 bits per heavy atom. The molecule has 0 aliphatic carbocycles. The van der Waals surface area contributed by atoms with Crippen molar-refractivity contribution in [3.8, 4) is 5.75 Å². The van der Waals surface area contributed by atoms with Crippen molar-refractivity contribution in [2.45, 2.75) is 6.92 Å². The number of nitrogens with one attached hydrogen (secondary N) is 2. The van der Waals surface area contributed by atoms with Gasteiger partial charge in [-0.15, -0.1) is 0 Å². The quantitative estimate of drug-likeness (QED) is 0.607. The maximum absolute atomic E-state index is 11.8. The number of rotatable bonds is 7. The van der Waals surface area contributed by atoms with E-state index in [4.69, 9.17) is 4.74 Å². The molecule has 2 N–H and O–H groups in total.